The van der Waals surface area contributed by atoms with Crippen LogP contribution in [0.1, 0.15) is 112 Å². The number of ether oxygens (including phenoxy) is 15. The fourth-order valence-corrected chi connectivity index (χ4v) is 20.9. The Balaban J connectivity index is 0.919. The van der Waals surface area contributed by atoms with Crippen molar-refractivity contribution in [2.45, 2.75) is 303 Å². The number of fused-ring (bicyclic) bond motifs is 7. The summed E-state index contributed by atoms with van der Waals surface area (Å²) in [5.74, 6) is -6.34. The summed E-state index contributed by atoms with van der Waals surface area (Å²) in [7, 11) is 1.45. The Morgan fingerprint density at radius 2 is 1.10 bits per heavy atom. The van der Waals surface area contributed by atoms with Crippen LogP contribution in [0.2, 0.25) is 0 Å². The number of carboxylic acids is 1. The van der Waals surface area contributed by atoms with Crippen molar-refractivity contribution >= 4 is 30.0 Å². The Morgan fingerprint density at radius 3 is 1.72 bits per heavy atom. The molecule has 0 bridgehead atoms. The van der Waals surface area contributed by atoms with Gasteiger partial charge < -0.3 is 168 Å². The smallest absolute Gasteiger partial charge is 0.331 e. The second-order valence-corrected chi connectivity index (χ2v) is 34.5. The lowest BCUT2D eigenvalue weighted by Crippen LogP contribution is -2.71. The Kier molecular flexibility index (Phi) is 26.9. The van der Waals surface area contributed by atoms with E-state index in [4.69, 9.17) is 71.1 Å². The molecule has 6 aliphatic heterocycles. The maximum absolute atomic E-state index is 16.6. The van der Waals surface area contributed by atoms with E-state index in [1.807, 2.05) is 33.8 Å². The number of methoxy groups -OCH3 is 1. The molecule has 0 radical (unpaired) electrons. The van der Waals surface area contributed by atoms with Crippen LogP contribution in [-0.4, -0.2) is 357 Å². The van der Waals surface area contributed by atoms with Crippen molar-refractivity contribution in [2.24, 2.45) is 50.2 Å². The predicted octanol–water partition coefficient (Wildman–Crippen LogP) is -4.87. The highest BCUT2D eigenvalue weighted by atomic mass is 16.8. The first-order valence-electron chi connectivity index (χ1n) is 39.1. The highest BCUT2D eigenvalue weighted by Gasteiger charge is 2.75. The van der Waals surface area contributed by atoms with E-state index in [0.29, 0.717) is 16.9 Å². The number of allylic oxidation sites excluding steroid dienone is 1. The van der Waals surface area contributed by atoms with Gasteiger partial charge in [0.1, 0.15) is 140 Å². The van der Waals surface area contributed by atoms with Crippen LogP contribution in [0.15, 0.2) is 42.0 Å². The maximum Gasteiger partial charge on any atom is 0.331 e. The van der Waals surface area contributed by atoms with Gasteiger partial charge in [-0.2, -0.15) is 0 Å². The van der Waals surface area contributed by atoms with E-state index in [0.717, 1.165) is 13.0 Å². The van der Waals surface area contributed by atoms with Crippen molar-refractivity contribution < 1.29 is 187 Å². The van der Waals surface area contributed by atoms with Crippen molar-refractivity contribution in [3.05, 3.63) is 47.6 Å². The summed E-state index contributed by atoms with van der Waals surface area (Å²) < 4.78 is 90.7. The number of carboxylic acid groups (broad SMARTS) is 1. The highest BCUT2D eigenvalue weighted by molar-refractivity contribution is 5.87. The van der Waals surface area contributed by atoms with Crippen LogP contribution < -0.4 is 4.74 Å². The topological polar surface area (TPSA) is 591 Å². The average Bonchev–Trinajstić information content (AvgIpc) is 0.666. The van der Waals surface area contributed by atoms with Crippen molar-refractivity contribution in [1.82, 2.24) is 0 Å². The molecule has 12 rings (SSSR count). The van der Waals surface area contributed by atoms with Gasteiger partial charge >= 0.3 is 23.9 Å². The maximum atomic E-state index is 16.6. The first kappa shape index (κ1) is 89.5. The van der Waals surface area contributed by atoms with Crippen LogP contribution in [0.4, 0.5) is 0 Å². The quantitative estimate of drug-likeness (QED) is 0.0170. The van der Waals surface area contributed by atoms with E-state index in [1.54, 1.807) is 24.3 Å². The summed E-state index contributed by atoms with van der Waals surface area (Å²) in [4.78, 5) is 57.0. The number of carbonyl (C=O) groups excluding carboxylic acids is 3. The number of rotatable bonds is 22. The highest BCUT2D eigenvalue weighted by Crippen LogP contribution is 2.76. The Bertz CT molecular complexity index is 3610. The number of esters is 3. The first-order valence-corrected chi connectivity index (χ1v) is 39.1. The van der Waals surface area contributed by atoms with Crippen LogP contribution in [0, 0.1) is 50.2 Å². The van der Waals surface area contributed by atoms with Crippen molar-refractivity contribution in [2.75, 3.05) is 40.1 Å². The fraction of sp³-hybridized carbons (Fsp3) is 0.818. The molecule has 6 heterocycles. The lowest BCUT2D eigenvalue weighted by atomic mass is 9.33. The third kappa shape index (κ3) is 16.1. The molecule has 4 saturated carbocycles. The monoisotopic (exact) mass is 1650 g/mol. The van der Waals surface area contributed by atoms with Crippen LogP contribution >= 0.6 is 0 Å². The van der Waals surface area contributed by atoms with Gasteiger partial charge in [-0.3, -0.25) is 14.4 Å². The minimum Gasteiger partial charge on any atom is -0.497 e. The predicted molar refractivity (Wildman–Crippen MR) is 381 cm³/mol. The number of benzene rings is 1. The van der Waals surface area contributed by atoms with E-state index in [1.165, 1.54) is 34.0 Å². The van der Waals surface area contributed by atoms with E-state index >= 15 is 4.79 Å². The summed E-state index contributed by atoms with van der Waals surface area (Å²) in [6.07, 6.45) is -55.9. The zero-order valence-corrected chi connectivity index (χ0v) is 65.2. The van der Waals surface area contributed by atoms with Gasteiger partial charge in [0, 0.05) is 18.4 Å². The summed E-state index contributed by atoms with van der Waals surface area (Å²) in [5, 5.41) is 216. The molecule has 38 heteroatoms. The van der Waals surface area contributed by atoms with Gasteiger partial charge in [0.15, 0.2) is 43.7 Å². The average molecular weight is 1650 g/mol. The molecular weight excluding hydrogens is 1530 g/mol. The summed E-state index contributed by atoms with van der Waals surface area (Å²) in [5.41, 5.74) is -7.03. The van der Waals surface area contributed by atoms with Gasteiger partial charge in [-0.15, -0.1) is 0 Å². The summed E-state index contributed by atoms with van der Waals surface area (Å²) in [6.45, 7) is 9.13. The molecule has 5 aliphatic carbocycles. The van der Waals surface area contributed by atoms with Crippen molar-refractivity contribution in [1.29, 1.82) is 0 Å². The van der Waals surface area contributed by atoms with Crippen LogP contribution in [0.5, 0.6) is 5.75 Å². The molecule has 38 nitrogen and oxygen atoms in total. The Morgan fingerprint density at radius 1 is 0.539 bits per heavy atom. The molecule has 1 aromatic carbocycles. The number of carbonyl (C=O) groups is 4. The van der Waals surface area contributed by atoms with Gasteiger partial charge in [-0.05, 0) is 130 Å². The molecule has 0 amide bonds. The van der Waals surface area contributed by atoms with Gasteiger partial charge in [0.2, 0.25) is 6.29 Å². The zero-order valence-electron chi connectivity index (χ0n) is 65.2. The third-order valence-electron chi connectivity index (χ3n) is 27.2. The number of aliphatic hydroxyl groups is 18. The molecule has 11 aliphatic rings. The number of hydrogen-bond acceptors (Lipinski definition) is 37. The molecule has 650 valence electrons. The van der Waals surface area contributed by atoms with Gasteiger partial charge in [0.25, 0.3) is 0 Å². The van der Waals surface area contributed by atoms with Crippen LogP contribution in [-0.2, 0) is 85.5 Å². The SMILES string of the molecule is COc1ccc(/C=C/C(=O)O[C@@H]2[C@H](O[C@@H]3O[C@H](CO)[C@@H](O)[C@H](O[C@@H]4O[C@H](COC(C)=O)[C@@H](O)[C@H](O)[C@H]4O)[C@H]3O)[C@@H](O[C@@H]3O[C@@H](C)[C@H](O[C@@H]4OC[C@@H](O)[C@H](O)[C@H]4O)[C@@H](O)[C@H]3O)[C@H](OC(=O)[C@@]34CC[C@]5(CO)C(=CC[C@@H]6[C@@]7(C)C[C@H](O)[C@H](O[C@@H]8O[C@H](CO)[C@@H](O)[C@H](O)[C@H]8O)[C@@](C)(C(=O)O)[C@@H]7CC[C@]65C)[C@@H]3CC(C)(C)C[C@H]4O)O[C@@H]2C)cc1. The Hall–Kier alpha value is -4.78. The van der Waals surface area contributed by atoms with E-state index in [9.17, 15) is 111 Å². The normalized spacial score (nSPS) is 49.1. The van der Waals surface area contributed by atoms with Crippen LogP contribution in [0.3, 0.4) is 0 Å². The number of aliphatic carboxylic acids is 1. The molecule has 0 spiro atoms. The second kappa shape index (κ2) is 34.6. The van der Waals surface area contributed by atoms with Crippen molar-refractivity contribution in [3.63, 3.8) is 0 Å². The standard InChI is InChI=1S/C77H114O38/c1-30-58(110-64-53(93)46(86)38(83)27-103-64)52(92)56(96)65(104-30)113-62-61(112-68-57(97)60(49(89)40(26-79)107-68)111-66-54(94)51(91)48(88)41(108-66)28-102-32(3)81)59(109-45(85)17-12-33-10-13-34(101-9)14-11-33)31(2)105-69(62)115-71(100)77-21-20-76(29-80)35(36(77)22-72(4,5)24-44(77)84)15-16-42-73(6)23-37(82)63(75(8,70(98)99)43(73)18-19-74(42,76)7)114-67-55(95)50(90)47(87)39(25-78)106-67/h10-15,17,30-31,36-44,46-69,78-80,82-84,86-97H,16,18-29H2,1-9H3,(H,98,99)/b17-12+/t30-,31+,36-,37-,38+,39+,40+,41+,42+,43+,44+,46-,47+,48+,49+,50-,51-,52-,53+,54+,55+,56+,57+,58-,59-,60-,61-,62+,63-,64-,65-,66-,67-,68-,69-,73+,74+,75-,76-,77-/m0/s1. The molecule has 6 saturated heterocycles. The summed E-state index contributed by atoms with van der Waals surface area (Å²) >= 11 is 0. The zero-order chi connectivity index (χ0) is 84.0. The number of aliphatic hydroxyl groups excluding tert-OH is 18. The van der Waals surface area contributed by atoms with Gasteiger partial charge in [-0.1, -0.05) is 51.5 Å². The Labute approximate surface area is 661 Å². The van der Waals surface area contributed by atoms with E-state index in [2.05, 4.69) is 0 Å². The minimum absolute atomic E-state index is 0.0255. The van der Waals surface area contributed by atoms with Crippen LogP contribution in [0.25, 0.3) is 6.08 Å². The molecular formula is C77H114O38. The molecule has 115 heavy (non-hydrogen) atoms. The van der Waals surface area contributed by atoms with Gasteiger partial charge in [-0.25, -0.2) is 4.79 Å². The molecule has 0 aromatic heterocycles. The number of hydrogen-bond donors (Lipinski definition) is 19. The lowest BCUT2D eigenvalue weighted by Gasteiger charge is -2.71. The molecule has 0 unspecified atom stereocenters. The van der Waals surface area contributed by atoms with E-state index < -0.39 is 304 Å². The first-order chi connectivity index (χ1) is 54.1. The second-order valence-electron chi connectivity index (χ2n) is 34.5. The molecule has 40 atom stereocenters. The molecule has 1 aromatic rings. The molecule has 10 fully saturated rings. The largest absolute Gasteiger partial charge is 0.497 e. The van der Waals surface area contributed by atoms with Crippen molar-refractivity contribution in [3.8, 4) is 5.75 Å². The minimum atomic E-state index is -2.35. The fourth-order valence-electron chi connectivity index (χ4n) is 20.9. The van der Waals surface area contributed by atoms with E-state index in [-0.39, 0.29) is 51.4 Å². The van der Waals surface area contributed by atoms with Gasteiger partial charge in [0.05, 0.1) is 63.4 Å². The molecule has 19 N–H and O–H groups in total. The third-order valence-corrected chi connectivity index (χ3v) is 27.2. The lowest BCUT2D eigenvalue weighted by molar-refractivity contribution is -0.398. The summed E-state index contributed by atoms with van der Waals surface area (Å²) in [6, 6.07) is 6.44.